The maximum Gasteiger partial charge on any atom is 0.259 e. The molecule has 2 aromatic heterocycles. The Morgan fingerprint density at radius 3 is 3.00 bits per heavy atom. The minimum Gasteiger partial charge on any atom is -0.381 e. The van der Waals surface area contributed by atoms with Gasteiger partial charge in [-0.25, -0.2) is 4.98 Å². The second-order valence-electron chi connectivity index (χ2n) is 5.86. The highest BCUT2D eigenvalue weighted by molar-refractivity contribution is 5.96. The van der Waals surface area contributed by atoms with Crippen molar-refractivity contribution in [1.29, 1.82) is 5.26 Å². The number of H-pyrrole nitrogens is 1. The average molecular weight is 309 g/mol. The monoisotopic (exact) mass is 309 g/mol. The van der Waals surface area contributed by atoms with Crippen molar-refractivity contribution in [3.63, 3.8) is 0 Å². The quantitative estimate of drug-likeness (QED) is 0.582. The number of hydrogen-bond acceptors (Lipinski definition) is 4. The normalized spacial score (nSPS) is 15.7. The zero-order chi connectivity index (χ0) is 16.2. The Hall–Kier alpha value is -2.81. The SMILES string of the molecule is N#CC(=CCc1c[nH]c2ncc(NC3CCCC3)cc12)C(N)=O. The summed E-state index contributed by atoms with van der Waals surface area (Å²) in [5.41, 5.74) is 7.92. The van der Waals surface area contributed by atoms with Gasteiger partial charge in [0.25, 0.3) is 5.91 Å². The zero-order valence-electron chi connectivity index (χ0n) is 12.8. The maximum absolute atomic E-state index is 11.1. The molecule has 1 aliphatic carbocycles. The van der Waals surface area contributed by atoms with Crippen LogP contribution in [0.2, 0.25) is 0 Å². The Bertz CT molecular complexity index is 793. The van der Waals surface area contributed by atoms with Crippen LogP contribution in [0.1, 0.15) is 31.2 Å². The standard InChI is InChI=1S/C17H19N5O/c18-8-11(16(19)23)5-6-12-9-20-17-15(12)7-14(10-21-17)22-13-3-1-2-4-13/h5,7,9-10,13,22H,1-4,6H2,(H2,19,23)(H,20,21). The third-order valence-corrected chi connectivity index (χ3v) is 4.25. The number of carbonyl (C=O) groups excluding carboxylic acids is 1. The molecule has 0 aliphatic heterocycles. The van der Waals surface area contributed by atoms with Crippen LogP contribution in [0.25, 0.3) is 11.0 Å². The number of pyridine rings is 1. The van der Waals surface area contributed by atoms with E-state index in [-0.39, 0.29) is 5.57 Å². The van der Waals surface area contributed by atoms with E-state index in [1.807, 2.05) is 18.5 Å². The number of aromatic amines is 1. The van der Waals surface area contributed by atoms with E-state index in [0.717, 1.165) is 22.3 Å². The number of aromatic nitrogens is 2. The number of primary amides is 1. The van der Waals surface area contributed by atoms with Crippen molar-refractivity contribution in [3.05, 3.63) is 35.7 Å². The lowest BCUT2D eigenvalue weighted by atomic mass is 10.1. The molecule has 0 radical (unpaired) electrons. The molecule has 2 heterocycles. The van der Waals surface area contributed by atoms with Crippen LogP contribution in [0.3, 0.4) is 0 Å². The summed E-state index contributed by atoms with van der Waals surface area (Å²) < 4.78 is 0. The summed E-state index contributed by atoms with van der Waals surface area (Å²) >= 11 is 0. The fourth-order valence-electron chi connectivity index (χ4n) is 3.02. The number of hydrogen-bond donors (Lipinski definition) is 3. The summed E-state index contributed by atoms with van der Waals surface area (Å²) in [6, 6.07) is 4.41. The number of carbonyl (C=O) groups is 1. The third kappa shape index (κ3) is 3.34. The largest absolute Gasteiger partial charge is 0.381 e. The maximum atomic E-state index is 11.1. The first kappa shape index (κ1) is 15.1. The number of nitriles is 1. The van der Waals surface area contributed by atoms with E-state index in [0.29, 0.717) is 12.5 Å². The molecule has 2 aromatic rings. The fourth-order valence-corrected chi connectivity index (χ4v) is 3.02. The first-order valence-corrected chi connectivity index (χ1v) is 7.80. The lowest BCUT2D eigenvalue weighted by Gasteiger charge is -2.13. The van der Waals surface area contributed by atoms with Crippen LogP contribution >= 0.6 is 0 Å². The molecule has 0 saturated heterocycles. The summed E-state index contributed by atoms with van der Waals surface area (Å²) in [5, 5.41) is 13.4. The summed E-state index contributed by atoms with van der Waals surface area (Å²) in [5.74, 6) is -0.700. The van der Waals surface area contributed by atoms with Gasteiger partial charge in [0.05, 0.1) is 11.9 Å². The van der Waals surface area contributed by atoms with Gasteiger partial charge in [-0.15, -0.1) is 0 Å². The molecular formula is C17H19N5O. The Morgan fingerprint density at radius 2 is 2.30 bits per heavy atom. The molecule has 1 fully saturated rings. The van der Waals surface area contributed by atoms with Gasteiger partial charge in [-0.05, 0) is 30.9 Å². The van der Waals surface area contributed by atoms with E-state index < -0.39 is 5.91 Å². The van der Waals surface area contributed by atoms with Gasteiger partial charge < -0.3 is 16.0 Å². The van der Waals surface area contributed by atoms with Gasteiger partial charge in [-0.2, -0.15) is 5.26 Å². The first-order chi connectivity index (χ1) is 11.2. The van der Waals surface area contributed by atoms with E-state index in [1.165, 1.54) is 25.7 Å². The molecule has 1 aliphatic rings. The summed E-state index contributed by atoms with van der Waals surface area (Å²) in [6.07, 6.45) is 10.7. The molecule has 23 heavy (non-hydrogen) atoms. The van der Waals surface area contributed by atoms with Crippen LogP contribution in [-0.2, 0) is 11.2 Å². The number of anilines is 1. The van der Waals surface area contributed by atoms with Crippen LogP contribution in [0.15, 0.2) is 30.1 Å². The number of fused-ring (bicyclic) bond motifs is 1. The zero-order valence-corrected chi connectivity index (χ0v) is 12.8. The van der Waals surface area contributed by atoms with Crippen molar-refractivity contribution in [3.8, 4) is 6.07 Å². The molecule has 0 spiro atoms. The topological polar surface area (TPSA) is 108 Å². The Kier molecular flexibility index (Phi) is 4.29. The van der Waals surface area contributed by atoms with E-state index >= 15 is 0 Å². The smallest absolute Gasteiger partial charge is 0.259 e. The van der Waals surface area contributed by atoms with Crippen molar-refractivity contribution in [2.45, 2.75) is 38.1 Å². The predicted molar refractivity (Wildman–Crippen MR) is 88.6 cm³/mol. The summed E-state index contributed by atoms with van der Waals surface area (Å²) in [7, 11) is 0. The van der Waals surface area contributed by atoms with Crippen LogP contribution < -0.4 is 11.1 Å². The van der Waals surface area contributed by atoms with Crippen molar-refractivity contribution in [2.75, 3.05) is 5.32 Å². The highest BCUT2D eigenvalue weighted by Gasteiger charge is 2.15. The molecule has 0 atom stereocenters. The molecule has 4 N–H and O–H groups in total. The van der Waals surface area contributed by atoms with Crippen LogP contribution in [-0.4, -0.2) is 21.9 Å². The van der Waals surface area contributed by atoms with Gasteiger partial charge in [-0.3, -0.25) is 4.79 Å². The molecule has 0 bridgehead atoms. The van der Waals surface area contributed by atoms with Crippen LogP contribution in [0.5, 0.6) is 0 Å². The highest BCUT2D eigenvalue weighted by Crippen LogP contribution is 2.25. The molecule has 6 heteroatoms. The average Bonchev–Trinajstić information content (AvgIpc) is 3.17. The lowest BCUT2D eigenvalue weighted by Crippen LogP contribution is -2.14. The van der Waals surface area contributed by atoms with Crippen molar-refractivity contribution < 1.29 is 4.79 Å². The Morgan fingerprint density at radius 1 is 1.52 bits per heavy atom. The number of allylic oxidation sites excluding steroid dienone is 1. The van der Waals surface area contributed by atoms with E-state index in [2.05, 4.69) is 21.4 Å². The van der Waals surface area contributed by atoms with Crippen LogP contribution in [0.4, 0.5) is 5.69 Å². The van der Waals surface area contributed by atoms with Gasteiger partial charge in [0.1, 0.15) is 17.3 Å². The van der Waals surface area contributed by atoms with Gasteiger partial charge >= 0.3 is 0 Å². The Balaban J connectivity index is 1.83. The predicted octanol–water partition coefficient (Wildman–Crippen LogP) is 2.40. The van der Waals surface area contributed by atoms with Crippen LogP contribution in [0, 0.1) is 11.3 Å². The molecule has 6 nitrogen and oxygen atoms in total. The summed E-state index contributed by atoms with van der Waals surface area (Å²) in [6.45, 7) is 0. The van der Waals surface area contributed by atoms with Crippen molar-refractivity contribution in [1.82, 2.24) is 9.97 Å². The minimum absolute atomic E-state index is 0.0208. The second-order valence-corrected chi connectivity index (χ2v) is 5.86. The van der Waals surface area contributed by atoms with Gasteiger partial charge in [0.2, 0.25) is 0 Å². The third-order valence-electron chi connectivity index (χ3n) is 4.25. The fraction of sp³-hybridized carbons (Fsp3) is 0.353. The van der Waals surface area contributed by atoms with E-state index in [9.17, 15) is 4.79 Å². The van der Waals surface area contributed by atoms with Gasteiger partial charge in [-0.1, -0.05) is 18.9 Å². The number of nitrogens with one attached hydrogen (secondary N) is 2. The van der Waals surface area contributed by atoms with E-state index in [4.69, 9.17) is 11.0 Å². The van der Waals surface area contributed by atoms with E-state index in [1.54, 1.807) is 6.08 Å². The first-order valence-electron chi connectivity index (χ1n) is 7.80. The molecule has 0 aromatic carbocycles. The van der Waals surface area contributed by atoms with Gasteiger partial charge in [0.15, 0.2) is 0 Å². The highest BCUT2D eigenvalue weighted by atomic mass is 16.1. The molecule has 1 amide bonds. The second kappa shape index (κ2) is 6.53. The molecule has 118 valence electrons. The number of nitrogens with zero attached hydrogens (tertiary/aromatic N) is 2. The number of rotatable bonds is 5. The number of amides is 1. The molecule has 0 unspecified atom stereocenters. The molecule has 1 saturated carbocycles. The van der Waals surface area contributed by atoms with Crippen molar-refractivity contribution in [2.24, 2.45) is 5.73 Å². The molecule has 3 rings (SSSR count). The van der Waals surface area contributed by atoms with Crippen molar-refractivity contribution >= 4 is 22.6 Å². The Labute approximate surface area is 134 Å². The number of nitrogens with two attached hydrogens (primary N) is 1. The van der Waals surface area contributed by atoms with Gasteiger partial charge in [0, 0.05) is 17.6 Å². The lowest BCUT2D eigenvalue weighted by molar-refractivity contribution is -0.114. The summed E-state index contributed by atoms with van der Waals surface area (Å²) in [4.78, 5) is 18.6. The molecular weight excluding hydrogens is 290 g/mol. The minimum atomic E-state index is -0.700.